The highest BCUT2D eigenvalue weighted by Crippen LogP contribution is 2.10. The van der Waals surface area contributed by atoms with Crippen molar-refractivity contribution >= 4 is 5.91 Å². The number of rotatable bonds is 1. The Morgan fingerprint density at radius 3 is 2.80 bits per heavy atom. The molecule has 0 saturated carbocycles. The third-order valence-electron chi connectivity index (χ3n) is 1.52. The van der Waals surface area contributed by atoms with Gasteiger partial charge in [-0.3, -0.25) is 4.79 Å². The molecular weight excluding hydrogens is 132 g/mol. The molecule has 0 bridgehead atoms. The maximum atomic E-state index is 10.6. The van der Waals surface area contributed by atoms with Crippen LogP contribution in [0.4, 0.5) is 0 Å². The minimum absolute atomic E-state index is 0.00824. The number of carbonyl (C=O) groups is 1. The van der Waals surface area contributed by atoms with Crippen molar-refractivity contribution in [1.29, 1.82) is 0 Å². The lowest BCUT2D eigenvalue weighted by Crippen LogP contribution is -2.51. The van der Waals surface area contributed by atoms with Crippen molar-refractivity contribution in [3.63, 3.8) is 0 Å². The topological polar surface area (TPSA) is 69.1 Å². The smallest absolute Gasteiger partial charge is 0.219 e. The van der Waals surface area contributed by atoms with Crippen molar-refractivity contribution in [3.8, 4) is 0 Å². The monoisotopic (exact) mass is 140 g/mol. The fourth-order valence-electron chi connectivity index (χ4n) is 0.858. The normalized spacial score (nSPS) is 17.5. The first kappa shape index (κ1) is 6.89. The molecule has 0 aromatic rings. The Morgan fingerprint density at radius 1 is 1.80 bits per heavy atom. The van der Waals surface area contributed by atoms with Gasteiger partial charge in [-0.15, -0.1) is 0 Å². The quantitative estimate of drug-likeness (QED) is 0.297. The van der Waals surface area contributed by atoms with Crippen LogP contribution < -0.4 is 0 Å². The molecule has 1 fully saturated rings. The average Bonchev–Trinajstić information content (AvgIpc) is 1.76. The first-order chi connectivity index (χ1) is 4.74. The van der Waals surface area contributed by atoms with Crippen LogP contribution in [-0.4, -0.2) is 29.9 Å². The van der Waals surface area contributed by atoms with Crippen molar-refractivity contribution in [1.82, 2.24) is 4.90 Å². The van der Waals surface area contributed by atoms with Crippen LogP contribution in [0.2, 0.25) is 0 Å². The van der Waals surface area contributed by atoms with Gasteiger partial charge in [-0.2, -0.15) is 0 Å². The maximum Gasteiger partial charge on any atom is 0.219 e. The van der Waals surface area contributed by atoms with E-state index in [2.05, 4.69) is 10.0 Å². The van der Waals surface area contributed by atoms with Gasteiger partial charge < -0.3 is 4.90 Å². The molecule has 0 atom stereocenters. The summed E-state index contributed by atoms with van der Waals surface area (Å²) in [6.45, 7) is 2.67. The van der Waals surface area contributed by atoms with Crippen LogP contribution in [0.1, 0.15) is 6.92 Å². The number of carbonyl (C=O) groups excluding carboxylic acids is 1. The van der Waals surface area contributed by atoms with Crippen molar-refractivity contribution in [3.05, 3.63) is 10.4 Å². The van der Waals surface area contributed by atoms with Gasteiger partial charge in [0.05, 0.1) is 6.04 Å². The van der Waals surface area contributed by atoms with E-state index >= 15 is 0 Å². The molecule has 10 heavy (non-hydrogen) atoms. The molecule has 0 aromatic carbocycles. The van der Waals surface area contributed by atoms with Crippen LogP contribution in [0.25, 0.3) is 10.4 Å². The Bertz CT molecular complexity index is 184. The van der Waals surface area contributed by atoms with Gasteiger partial charge in [0.2, 0.25) is 5.91 Å². The van der Waals surface area contributed by atoms with Gasteiger partial charge in [-0.05, 0) is 5.53 Å². The first-order valence-corrected chi connectivity index (χ1v) is 3.03. The van der Waals surface area contributed by atoms with Gasteiger partial charge in [0.25, 0.3) is 0 Å². The summed E-state index contributed by atoms with van der Waals surface area (Å²) in [7, 11) is 0. The Kier molecular flexibility index (Phi) is 1.78. The summed E-state index contributed by atoms with van der Waals surface area (Å²) in [6, 6.07) is 0.00824. The summed E-state index contributed by atoms with van der Waals surface area (Å²) in [5.41, 5.74) is 7.98. The van der Waals surface area contributed by atoms with Crippen molar-refractivity contribution in [2.24, 2.45) is 5.11 Å². The Morgan fingerprint density at radius 2 is 2.40 bits per heavy atom. The summed E-state index contributed by atoms with van der Waals surface area (Å²) >= 11 is 0. The van der Waals surface area contributed by atoms with Crippen molar-refractivity contribution < 1.29 is 4.79 Å². The number of hydrogen-bond donors (Lipinski definition) is 0. The maximum absolute atomic E-state index is 10.6. The van der Waals surface area contributed by atoms with Crippen molar-refractivity contribution in [2.75, 3.05) is 13.1 Å². The van der Waals surface area contributed by atoms with Gasteiger partial charge in [0.1, 0.15) is 0 Å². The second kappa shape index (κ2) is 2.58. The summed E-state index contributed by atoms with van der Waals surface area (Å²) in [6.07, 6.45) is 0. The van der Waals surface area contributed by atoms with E-state index in [-0.39, 0.29) is 11.9 Å². The fraction of sp³-hybridized carbons (Fsp3) is 0.800. The van der Waals surface area contributed by atoms with E-state index in [0.717, 1.165) is 0 Å². The van der Waals surface area contributed by atoms with E-state index in [0.29, 0.717) is 13.1 Å². The Labute approximate surface area is 58.2 Å². The van der Waals surface area contributed by atoms with Crippen LogP contribution in [0, 0.1) is 0 Å². The molecule has 0 spiro atoms. The first-order valence-electron chi connectivity index (χ1n) is 3.03. The largest absolute Gasteiger partial charge is 0.342 e. The summed E-state index contributed by atoms with van der Waals surface area (Å²) in [4.78, 5) is 14.8. The average molecular weight is 140 g/mol. The molecule has 0 N–H and O–H groups in total. The molecule has 0 aliphatic carbocycles. The van der Waals surface area contributed by atoms with Crippen LogP contribution in [0.3, 0.4) is 0 Å². The second-order valence-electron chi connectivity index (χ2n) is 2.28. The van der Waals surface area contributed by atoms with E-state index in [1.54, 1.807) is 4.90 Å². The highest BCUT2D eigenvalue weighted by molar-refractivity contribution is 5.74. The summed E-state index contributed by atoms with van der Waals surface area (Å²) in [5, 5.41) is 3.45. The van der Waals surface area contributed by atoms with Gasteiger partial charge in [0.15, 0.2) is 0 Å². The molecule has 1 heterocycles. The number of likely N-dealkylation sites (tertiary alicyclic amines) is 1. The van der Waals surface area contributed by atoms with Gasteiger partial charge in [0, 0.05) is 24.9 Å². The zero-order chi connectivity index (χ0) is 7.56. The highest BCUT2D eigenvalue weighted by atomic mass is 16.2. The molecule has 1 saturated heterocycles. The predicted molar refractivity (Wildman–Crippen MR) is 35.2 cm³/mol. The predicted octanol–water partition coefficient (Wildman–Crippen LogP) is 0.527. The zero-order valence-electron chi connectivity index (χ0n) is 5.69. The molecule has 1 amide bonds. The van der Waals surface area contributed by atoms with Crippen LogP contribution in [0.5, 0.6) is 0 Å². The fourth-order valence-corrected chi connectivity index (χ4v) is 0.858. The number of nitrogens with zero attached hydrogens (tertiary/aromatic N) is 4. The third-order valence-corrected chi connectivity index (χ3v) is 1.52. The van der Waals surface area contributed by atoms with Gasteiger partial charge in [-0.1, -0.05) is 5.11 Å². The zero-order valence-corrected chi connectivity index (χ0v) is 5.69. The van der Waals surface area contributed by atoms with Gasteiger partial charge in [-0.25, -0.2) is 0 Å². The lowest BCUT2D eigenvalue weighted by molar-refractivity contribution is -0.132. The molecule has 0 aromatic heterocycles. The lowest BCUT2D eigenvalue weighted by atomic mass is 10.1. The summed E-state index contributed by atoms with van der Waals surface area (Å²) < 4.78 is 0. The molecule has 1 rings (SSSR count). The molecule has 1 aliphatic rings. The number of hydrogen-bond acceptors (Lipinski definition) is 2. The minimum atomic E-state index is 0.00824. The molecule has 54 valence electrons. The van der Waals surface area contributed by atoms with E-state index in [4.69, 9.17) is 5.53 Å². The van der Waals surface area contributed by atoms with E-state index in [1.807, 2.05) is 0 Å². The third kappa shape index (κ3) is 1.19. The molecule has 5 heteroatoms. The minimum Gasteiger partial charge on any atom is -0.342 e. The standard InChI is InChI=1S/C5H8N4O/c1-4(10)9-2-5(3-9)7-8-6/h5H,2-3H2,1H3. The Hall–Kier alpha value is -1.22. The number of amides is 1. The SMILES string of the molecule is CC(=O)N1CC(N=[N+]=[N-])C1. The van der Waals surface area contributed by atoms with E-state index in [9.17, 15) is 4.79 Å². The van der Waals surface area contributed by atoms with E-state index in [1.165, 1.54) is 6.92 Å². The second-order valence-corrected chi connectivity index (χ2v) is 2.28. The molecule has 5 nitrogen and oxygen atoms in total. The molecule has 0 unspecified atom stereocenters. The summed E-state index contributed by atoms with van der Waals surface area (Å²) in [5.74, 6) is 0.0457. The Balaban J connectivity index is 2.30. The highest BCUT2D eigenvalue weighted by Gasteiger charge is 2.26. The molecular formula is C5H8N4O. The molecule has 1 aliphatic heterocycles. The van der Waals surface area contributed by atoms with Crippen LogP contribution in [-0.2, 0) is 4.79 Å². The van der Waals surface area contributed by atoms with Gasteiger partial charge >= 0.3 is 0 Å². The number of azide groups is 1. The van der Waals surface area contributed by atoms with E-state index < -0.39 is 0 Å². The molecule has 0 radical (unpaired) electrons. The lowest BCUT2D eigenvalue weighted by Gasteiger charge is -2.35. The van der Waals surface area contributed by atoms with Crippen LogP contribution in [0.15, 0.2) is 5.11 Å². The van der Waals surface area contributed by atoms with Crippen LogP contribution >= 0.6 is 0 Å². The van der Waals surface area contributed by atoms with Crippen molar-refractivity contribution in [2.45, 2.75) is 13.0 Å².